The van der Waals surface area contributed by atoms with Crippen LogP contribution in [0.15, 0.2) is 46.6 Å². The Morgan fingerprint density at radius 2 is 2.27 bits per heavy atom. The SMILES string of the molecule is CCn1cc(-c2csc(NC(=O)c3noc(C)c3COc3cccc(Cl)c3)n2)cn1. The van der Waals surface area contributed by atoms with Crippen LogP contribution in [0.4, 0.5) is 5.13 Å². The number of halogens is 1. The molecule has 0 aliphatic heterocycles. The van der Waals surface area contributed by atoms with E-state index in [-0.39, 0.29) is 12.3 Å². The van der Waals surface area contributed by atoms with Gasteiger partial charge in [-0.1, -0.05) is 22.8 Å². The molecule has 0 unspecified atom stereocenters. The van der Waals surface area contributed by atoms with Gasteiger partial charge < -0.3 is 9.26 Å². The number of anilines is 1. The fraction of sp³-hybridized carbons (Fsp3) is 0.200. The minimum atomic E-state index is -0.415. The summed E-state index contributed by atoms with van der Waals surface area (Å²) in [5, 5.41) is 13.8. The molecule has 0 saturated carbocycles. The third kappa shape index (κ3) is 4.37. The van der Waals surface area contributed by atoms with Gasteiger partial charge in [-0.15, -0.1) is 11.3 Å². The molecular formula is C20H18ClN5O3S. The van der Waals surface area contributed by atoms with Gasteiger partial charge in [0.2, 0.25) is 0 Å². The number of benzene rings is 1. The van der Waals surface area contributed by atoms with Crippen molar-refractivity contribution in [3.63, 3.8) is 0 Å². The Morgan fingerprint density at radius 1 is 1.40 bits per heavy atom. The van der Waals surface area contributed by atoms with Crippen molar-refractivity contribution in [3.8, 4) is 17.0 Å². The molecule has 154 valence electrons. The summed E-state index contributed by atoms with van der Waals surface area (Å²) in [7, 11) is 0. The zero-order valence-electron chi connectivity index (χ0n) is 16.3. The molecule has 0 atom stereocenters. The van der Waals surface area contributed by atoms with E-state index in [1.54, 1.807) is 37.4 Å². The topological polar surface area (TPSA) is 95.1 Å². The zero-order chi connectivity index (χ0) is 21.1. The van der Waals surface area contributed by atoms with Gasteiger partial charge in [0.1, 0.15) is 18.1 Å². The van der Waals surface area contributed by atoms with Crippen LogP contribution < -0.4 is 10.1 Å². The van der Waals surface area contributed by atoms with E-state index in [0.29, 0.717) is 27.2 Å². The Bertz CT molecular complexity index is 1180. The van der Waals surface area contributed by atoms with Gasteiger partial charge in [-0.2, -0.15) is 5.10 Å². The average molecular weight is 444 g/mol. The van der Waals surface area contributed by atoms with Crippen molar-refractivity contribution in [2.45, 2.75) is 27.0 Å². The summed E-state index contributed by atoms with van der Waals surface area (Å²) in [4.78, 5) is 17.2. The minimum absolute atomic E-state index is 0.123. The Kier molecular flexibility index (Phi) is 5.82. The second kappa shape index (κ2) is 8.68. The summed E-state index contributed by atoms with van der Waals surface area (Å²) in [6.07, 6.45) is 3.66. The van der Waals surface area contributed by atoms with Gasteiger partial charge in [0.05, 0.1) is 17.5 Å². The van der Waals surface area contributed by atoms with E-state index >= 15 is 0 Å². The predicted octanol–water partition coefficient (Wildman–Crippen LogP) is 4.81. The van der Waals surface area contributed by atoms with E-state index < -0.39 is 5.91 Å². The number of nitrogens with one attached hydrogen (secondary N) is 1. The Balaban J connectivity index is 1.46. The number of hydrogen-bond acceptors (Lipinski definition) is 7. The van der Waals surface area contributed by atoms with Crippen molar-refractivity contribution in [1.82, 2.24) is 19.9 Å². The minimum Gasteiger partial charge on any atom is -0.489 e. The number of carbonyl (C=O) groups excluding carboxylic acids is 1. The van der Waals surface area contributed by atoms with Gasteiger partial charge in [-0.25, -0.2) is 4.98 Å². The van der Waals surface area contributed by atoms with E-state index in [0.717, 1.165) is 17.8 Å². The smallest absolute Gasteiger partial charge is 0.280 e. The molecular weight excluding hydrogens is 426 g/mol. The highest BCUT2D eigenvalue weighted by Crippen LogP contribution is 2.26. The van der Waals surface area contributed by atoms with E-state index in [1.807, 2.05) is 23.2 Å². The van der Waals surface area contributed by atoms with E-state index in [2.05, 4.69) is 20.6 Å². The number of ether oxygens (including phenoxy) is 1. The van der Waals surface area contributed by atoms with Crippen LogP contribution in [0.1, 0.15) is 28.7 Å². The van der Waals surface area contributed by atoms with Crippen molar-refractivity contribution in [2.75, 3.05) is 5.32 Å². The van der Waals surface area contributed by atoms with Crippen molar-refractivity contribution in [2.24, 2.45) is 0 Å². The summed E-state index contributed by atoms with van der Waals surface area (Å²) in [5.41, 5.74) is 2.36. The molecule has 0 saturated heterocycles. The molecule has 30 heavy (non-hydrogen) atoms. The lowest BCUT2D eigenvalue weighted by atomic mass is 10.2. The second-order valence-electron chi connectivity index (χ2n) is 6.39. The molecule has 10 heteroatoms. The van der Waals surface area contributed by atoms with Crippen LogP contribution in [0.3, 0.4) is 0 Å². The van der Waals surface area contributed by atoms with Crippen LogP contribution in [0, 0.1) is 6.92 Å². The number of aromatic nitrogens is 4. The highest BCUT2D eigenvalue weighted by molar-refractivity contribution is 7.14. The van der Waals surface area contributed by atoms with E-state index in [4.69, 9.17) is 20.9 Å². The number of hydrogen-bond donors (Lipinski definition) is 1. The number of nitrogens with zero attached hydrogens (tertiary/aromatic N) is 4. The fourth-order valence-corrected chi connectivity index (χ4v) is 3.64. The third-order valence-corrected chi connectivity index (χ3v) is 5.35. The summed E-state index contributed by atoms with van der Waals surface area (Å²) in [6, 6.07) is 7.03. The molecule has 1 amide bonds. The monoisotopic (exact) mass is 443 g/mol. The summed E-state index contributed by atoms with van der Waals surface area (Å²) in [6.45, 7) is 4.64. The molecule has 1 N–H and O–H groups in total. The van der Waals surface area contributed by atoms with Gasteiger partial charge >= 0.3 is 0 Å². The molecule has 0 spiro atoms. The maximum atomic E-state index is 12.7. The number of amides is 1. The molecule has 3 heterocycles. The van der Waals surface area contributed by atoms with Crippen LogP contribution in [0.25, 0.3) is 11.3 Å². The van der Waals surface area contributed by atoms with Crippen LogP contribution in [0.2, 0.25) is 5.02 Å². The van der Waals surface area contributed by atoms with Crippen molar-refractivity contribution >= 4 is 34.0 Å². The van der Waals surface area contributed by atoms with Gasteiger partial charge in [0.25, 0.3) is 5.91 Å². The van der Waals surface area contributed by atoms with Gasteiger partial charge in [0, 0.05) is 28.7 Å². The first kappa shape index (κ1) is 20.1. The summed E-state index contributed by atoms with van der Waals surface area (Å²) < 4.78 is 12.8. The van der Waals surface area contributed by atoms with E-state index in [9.17, 15) is 4.79 Å². The number of aryl methyl sites for hydroxylation is 2. The lowest BCUT2D eigenvalue weighted by molar-refractivity contribution is 0.101. The van der Waals surface area contributed by atoms with Crippen LogP contribution in [-0.2, 0) is 13.2 Å². The quantitative estimate of drug-likeness (QED) is 0.440. The molecule has 0 aliphatic rings. The maximum absolute atomic E-state index is 12.7. The normalized spacial score (nSPS) is 10.9. The fourth-order valence-electron chi connectivity index (χ4n) is 2.74. The van der Waals surface area contributed by atoms with Gasteiger partial charge in [-0.05, 0) is 32.0 Å². The summed E-state index contributed by atoms with van der Waals surface area (Å²) >= 11 is 7.30. The highest BCUT2D eigenvalue weighted by Gasteiger charge is 2.21. The number of carbonyl (C=O) groups is 1. The zero-order valence-corrected chi connectivity index (χ0v) is 17.8. The molecule has 0 bridgehead atoms. The number of thiazole rings is 1. The Labute approximate surface area is 181 Å². The standard InChI is InChI=1S/C20H18ClN5O3S/c1-3-26-9-13(8-22-26)17-11-30-20(23-17)24-19(27)18-16(12(2)29-25-18)10-28-15-6-4-5-14(21)7-15/h4-9,11H,3,10H2,1-2H3,(H,23,24,27). The predicted molar refractivity (Wildman–Crippen MR) is 114 cm³/mol. The molecule has 0 radical (unpaired) electrons. The molecule has 1 aromatic carbocycles. The van der Waals surface area contributed by atoms with Crippen LogP contribution in [-0.4, -0.2) is 25.8 Å². The van der Waals surface area contributed by atoms with Gasteiger partial charge in [0.15, 0.2) is 10.8 Å². The third-order valence-electron chi connectivity index (χ3n) is 4.36. The Morgan fingerprint density at radius 3 is 3.03 bits per heavy atom. The first-order valence-electron chi connectivity index (χ1n) is 9.16. The lowest BCUT2D eigenvalue weighted by Crippen LogP contribution is -2.15. The maximum Gasteiger partial charge on any atom is 0.280 e. The molecule has 4 aromatic rings. The molecule has 8 nitrogen and oxygen atoms in total. The molecule has 3 aromatic heterocycles. The van der Waals surface area contributed by atoms with E-state index in [1.165, 1.54) is 11.3 Å². The number of rotatable bonds is 7. The Hall–Kier alpha value is -3.17. The molecule has 4 rings (SSSR count). The average Bonchev–Trinajstić information content (AvgIpc) is 3.46. The summed E-state index contributed by atoms with van der Waals surface area (Å²) in [5.74, 6) is 0.683. The van der Waals surface area contributed by atoms with Crippen molar-refractivity contribution in [3.05, 3.63) is 64.1 Å². The van der Waals surface area contributed by atoms with Crippen molar-refractivity contribution in [1.29, 1.82) is 0 Å². The second-order valence-corrected chi connectivity index (χ2v) is 7.68. The first-order valence-corrected chi connectivity index (χ1v) is 10.4. The van der Waals surface area contributed by atoms with Crippen LogP contribution >= 0.6 is 22.9 Å². The van der Waals surface area contributed by atoms with Crippen LogP contribution in [0.5, 0.6) is 5.75 Å². The van der Waals surface area contributed by atoms with Gasteiger partial charge in [-0.3, -0.25) is 14.8 Å². The molecule has 0 fully saturated rings. The first-order chi connectivity index (χ1) is 14.5. The largest absolute Gasteiger partial charge is 0.489 e. The highest BCUT2D eigenvalue weighted by atomic mass is 35.5. The molecule has 0 aliphatic carbocycles. The van der Waals surface area contributed by atoms with Crippen molar-refractivity contribution < 1.29 is 14.1 Å². The lowest BCUT2D eigenvalue weighted by Gasteiger charge is -2.07.